The van der Waals surface area contributed by atoms with Crippen molar-refractivity contribution in [3.8, 4) is 0 Å². The Morgan fingerprint density at radius 3 is 2.50 bits per heavy atom. The molecule has 1 saturated heterocycles. The van der Waals surface area contributed by atoms with Crippen molar-refractivity contribution >= 4 is 22.6 Å². The lowest BCUT2D eigenvalue weighted by Gasteiger charge is -2.51. The largest absolute Gasteiger partial charge is 0.288 e. The zero-order valence-corrected chi connectivity index (χ0v) is 17.4. The highest BCUT2D eigenvalue weighted by Crippen LogP contribution is 2.36. The molecule has 2 aliphatic rings. The fourth-order valence-electron chi connectivity index (χ4n) is 4.82. The van der Waals surface area contributed by atoms with Gasteiger partial charge in [0.1, 0.15) is 5.66 Å². The quantitative estimate of drug-likeness (QED) is 0.720. The number of fused-ring (bicyclic) bond motifs is 1. The maximum atomic E-state index is 4.79. The Kier molecular flexibility index (Phi) is 5.47. The third kappa shape index (κ3) is 3.45. The summed E-state index contributed by atoms with van der Waals surface area (Å²) < 4.78 is 0. The molecular formula is C25H31N3. The zero-order valence-electron chi connectivity index (χ0n) is 17.4. The molecule has 0 N–H and O–H groups in total. The molecule has 0 spiro atoms. The van der Waals surface area contributed by atoms with Gasteiger partial charge in [0.05, 0.1) is 0 Å². The number of aliphatic imine (C=N–C) groups is 1. The molecule has 146 valence electrons. The molecule has 2 heterocycles. The minimum atomic E-state index is -0.0550. The molecule has 0 aliphatic carbocycles. The molecule has 3 heteroatoms. The van der Waals surface area contributed by atoms with E-state index in [-0.39, 0.29) is 5.66 Å². The van der Waals surface area contributed by atoms with Crippen LogP contribution in [0, 0.1) is 0 Å². The standard InChI is InChI=1S/C25H31N3/c1-20-19-26-23(18-25(20,27(2)3)28-16-7-4-8-17-28)15-14-22-12-9-11-21-10-5-6-13-24(21)22/h5-6,9-15,19H,4,7-8,16-18H2,1-3H3/b15-14+. The SMILES string of the molecule is CC1=CN=C(/C=C/c2cccc3ccccc23)CC1(N(C)C)N1CCCCC1. The van der Waals surface area contributed by atoms with Crippen LogP contribution in [0.2, 0.25) is 0 Å². The number of allylic oxidation sites excluding steroid dienone is 1. The van der Waals surface area contributed by atoms with E-state index in [1.54, 1.807) is 0 Å². The summed E-state index contributed by atoms with van der Waals surface area (Å²) in [5.41, 5.74) is 3.70. The van der Waals surface area contributed by atoms with Crippen LogP contribution in [-0.2, 0) is 0 Å². The van der Waals surface area contributed by atoms with Crippen molar-refractivity contribution < 1.29 is 0 Å². The Labute approximate surface area is 169 Å². The first kappa shape index (κ1) is 19.1. The van der Waals surface area contributed by atoms with Gasteiger partial charge < -0.3 is 0 Å². The number of piperidine rings is 1. The molecule has 0 aromatic heterocycles. The molecule has 0 saturated carbocycles. The zero-order chi connectivity index (χ0) is 19.6. The van der Waals surface area contributed by atoms with E-state index in [2.05, 4.69) is 91.6 Å². The highest BCUT2D eigenvalue weighted by Gasteiger charge is 2.43. The van der Waals surface area contributed by atoms with Gasteiger partial charge in [0.2, 0.25) is 0 Å². The fourth-order valence-corrected chi connectivity index (χ4v) is 4.82. The van der Waals surface area contributed by atoms with E-state index >= 15 is 0 Å². The Hall–Kier alpha value is -2.23. The van der Waals surface area contributed by atoms with Crippen molar-refractivity contribution in [1.82, 2.24) is 9.80 Å². The average Bonchev–Trinajstić information content (AvgIpc) is 2.73. The Morgan fingerprint density at radius 2 is 1.71 bits per heavy atom. The molecule has 4 rings (SSSR count). The number of nitrogens with zero attached hydrogens (tertiary/aromatic N) is 3. The normalized spacial score (nSPS) is 24.0. The van der Waals surface area contributed by atoms with E-state index in [0.717, 1.165) is 12.1 Å². The van der Waals surface area contributed by atoms with Crippen LogP contribution in [0.15, 0.2) is 65.3 Å². The molecule has 2 aromatic carbocycles. The highest BCUT2D eigenvalue weighted by atomic mass is 15.4. The third-order valence-electron chi connectivity index (χ3n) is 6.38. The summed E-state index contributed by atoms with van der Waals surface area (Å²) in [6, 6.07) is 15.1. The van der Waals surface area contributed by atoms with Gasteiger partial charge in [-0.1, -0.05) is 55.0 Å². The third-order valence-corrected chi connectivity index (χ3v) is 6.38. The van der Waals surface area contributed by atoms with Crippen LogP contribution in [0.25, 0.3) is 16.8 Å². The van der Waals surface area contributed by atoms with Gasteiger partial charge in [0.15, 0.2) is 0 Å². The van der Waals surface area contributed by atoms with E-state index in [1.807, 2.05) is 0 Å². The van der Waals surface area contributed by atoms with E-state index in [0.29, 0.717) is 0 Å². The number of likely N-dealkylation sites (tertiary alicyclic amines) is 1. The summed E-state index contributed by atoms with van der Waals surface area (Å²) in [5, 5.41) is 2.57. The Morgan fingerprint density at radius 1 is 0.964 bits per heavy atom. The molecule has 2 aromatic rings. The summed E-state index contributed by atoms with van der Waals surface area (Å²) in [6.45, 7) is 4.58. The second-order valence-corrected chi connectivity index (χ2v) is 8.27. The van der Waals surface area contributed by atoms with Crippen LogP contribution in [-0.4, -0.2) is 48.4 Å². The van der Waals surface area contributed by atoms with Crippen molar-refractivity contribution in [3.63, 3.8) is 0 Å². The molecule has 1 unspecified atom stereocenters. The fraction of sp³-hybridized carbons (Fsp3) is 0.400. The van der Waals surface area contributed by atoms with Gasteiger partial charge in [-0.2, -0.15) is 0 Å². The van der Waals surface area contributed by atoms with Gasteiger partial charge in [0.25, 0.3) is 0 Å². The maximum absolute atomic E-state index is 4.79. The van der Waals surface area contributed by atoms with Gasteiger partial charge in [-0.3, -0.25) is 14.8 Å². The number of rotatable bonds is 4. The minimum Gasteiger partial charge on any atom is -0.288 e. The predicted octanol–water partition coefficient (Wildman–Crippen LogP) is 5.35. The molecule has 3 nitrogen and oxygen atoms in total. The molecule has 0 bridgehead atoms. The summed E-state index contributed by atoms with van der Waals surface area (Å²) in [7, 11) is 4.42. The first-order chi connectivity index (χ1) is 13.6. The van der Waals surface area contributed by atoms with E-state index in [1.165, 1.54) is 54.3 Å². The smallest absolute Gasteiger partial charge is 0.103 e. The first-order valence-corrected chi connectivity index (χ1v) is 10.4. The van der Waals surface area contributed by atoms with Crippen LogP contribution in [0.5, 0.6) is 0 Å². The van der Waals surface area contributed by atoms with Crippen LogP contribution < -0.4 is 0 Å². The van der Waals surface area contributed by atoms with Crippen LogP contribution in [0.3, 0.4) is 0 Å². The van der Waals surface area contributed by atoms with Crippen molar-refractivity contribution in [3.05, 3.63) is 65.9 Å². The molecule has 0 radical (unpaired) electrons. The van der Waals surface area contributed by atoms with Gasteiger partial charge in [-0.05, 0) is 61.8 Å². The first-order valence-electron chi connectivity index (χ1n) is 10.4. The second kappa shape index (κ2) is 8.02. The van der Waals surface area contributed by atoms with Crippen molar-refractivity contribution in [2.75, 3.05) is 27.2 Å². The van der Waals surface area contributed by atoms with Crippen molar-refractivity contribution in [2.24, 2.45) is 4.99 Å². The van der Waals surface area contributed by atoms with Gasteiger partial charge in [-0.15, -0.1) is 0 Å². The lowest BCUT2D eigenvalue weighted by Crippen LogP contribution is -2.61. The van der Waals surface area contributed by atoms with E-state index in [4.69, 9.17) is 4.99 Å². The molecule has 28 heavy (non-hydrogen) atoms. The summed E-state index contributed by atoms with van der Waals surface area (Å²) in [5.74, 6) is 0. The topological polar surface area (TPSA) is 18.8 Å². The molecule has 2 aliphatic heterocycles. The highest BCUT2D eigenvalue weighted by molar-refractivity contribution is 6.02. The number of hydrogen-bond donors (Lipinski definition) is 0. The summed E-state index contributed by atoms with van der Waals surface area (Å²) >= 11 is 0. The molecule has 1 atom stereocenters. The van der Waals surface area contributed by atoms with Crippen LogP contribution in [0.1, 0.15) is 38.2 Å². The molecule has 0 amide bonds. The average molecular weight is 374 g/mol. The van der Waals surface area contributed by atoms with Crippen LogP contribution in [0.4, 0.5) is 0 Å². The van der Waals surface area contributed by atoms with Gasteiger partial charge in [0, 0.05) is 31.4 Å². The summed E-state index contributed by atoms with van der Waals surface area (Å²) in [6.07, 6.45) is 11.4. The number of hydrogen-bond acceptors (Lipinski definition) is 3. The minimum absolute atomic E-state index is 0.0550. The number of likely N-dealkylation sites (N-methyl/N-ethyl adjacent to an activating group) is 1. The Balaban J connectivity index is 1.64. The van der Waals surface area contributed by atoms with Gasteiger partial charge in [-0.25, -0.2) is 0 Å². The van der Waals surface area contributed by atoms with Crippen molar-refractivity contribution in [2.45, 2.75) is 38.3 Å². The van der Waals surface area contributed by atoms with Gasteiger partial charge >= 0.3 is 0 Å². The second-order valence-electron chi connectivity index (χ2n) is 8.27. The Bertz CT molecular complexity index is 926. The lowest BCUT2D eigenvalue weighted by atomic mass is 9.87. The maximum Gasteiger partial charge on any atom is 0.103 e. The lowest BCUT2D eigenvalue weighted by molar-refractivity contribution is -0.00849. The molecule has 1 fully saturated rings. The van der Waals surface area contributed by atoms with Crippen molar-refractivity contribution in [1.29, 1.82) is 0 Å². The molecular weight excluding hydrogens is 342 g/mol. The van der Waals surface area contributed by atoms with E-state index in [9.17, 15) is 0 Å². The monoisotopic (exact) mass is 373 g/mol. The number of benzene rings is 2. The van der Waals surface area contributed by atoms with Crippen LogP contribution >= 0.6 is 0 Å². The predicted molar refractivity (Wildman–Crippen MR) is 121 cm³/mol. The van der Waals surface area contributed by atoms with E-state index < -0.39 is 0 Å². The summed E-state index contributed by atoms with van der Waals surface area (Å²) in [4.78, 5) is 9.86.